The zero-order valence-electron chi connectivity index (χ0n) is 11.3. The second kappa shape index (κ2) is 7.21. The highest BCUT2D eigenvalue weighted by Gasteiger charge is 2.15. The number of anilines is 1. The van der Waals surface area contributed by atoms with Crippen molar-refractivity contribution in [2.45, 2.75) is 6.42 Å². The highest BCUT2D eigenvalue weighted by Crippen LogP contribution is 2.15. The summed E-state index contributed by atoms with van der Waals surface area (Å²) in [4.78, 5) is 1.94. The van der Waals surface area contributed by atoms with E-state index in [0.717, 1.165) is 5.69 Å². The minimum Gasteiger partial charge on any atom is -0.383 e. The minimum atomic E-state index is 0.408. The van der Waals surface area contributed by atoms with E-state index in [1.165, 1.54) is 0 Å². The van der Waals surface area contributed by atoms with Gasteiger partial charge in [0.05, 0.1) is 24.8 Å². The predicted octanol–water partition coefficient (Wildman–Crippen LogP) is 1.03. The summed E-state index contributed by atoms with van der Waals surface area (Å²) >= 11 is 0. The summed E-state index contributed by atoms with van der Waals surface area (Å²) in [6.45, 7) is 1.74. The molecule has 0 aliphatic rings. The Morgan fingerprint density at radius 2 is 2.10 bits per heavy atom. The maximum Gasteiger partial charge on any atom is 0.250 e. The largest absolute Gasteiger partial charge is 0.383 e. The first-order chi connectivity index (χ1) is 9.86. The lowest BCUT2D eigenvalue weighted by molar-refractivity contribution is 0.205. The molecule has 2 rings (SSSR count). The molecule has 0 saturated carbocycles. The molecule has 7 heteroatoms. The van der Waals surface area contributed by atoms with Crippen LogP contribution < -0.4 is 4.90 Å². The van der Waals surface area contributed by atoms with Crippen LogP contribution in [-0.2, 0) is 4.74 Å². The topological polar surface area (TPSA) is 79.9 Å². The summed E-state index contributed by atoms with van der Waals surface area (Å²) in [5, 5.41) is 20.6. The molecule has 1 heterocycles. The second-order valence-corrected chi connectivity index (χ2v) is 4.11. The fraction of sp³-hybridized carbons (Fsp3) is 0.385. The minimum absolute atomic E-state index is 0.408. The summed E-state index contributed by atoms with van der Waals surface area (Å²) in [7, 11) is 1.64. The van der Waals surface area contributed by atoms with Gasteiger partial charge in [0.25, 0.3) is 0 Å². The maximum absolute atomic E-state index is 8.76. The molecule has 0 amide bonds. The normalized spacial score (nSPS) is 10.2. The molecule has 0 aliphatic carbocycles. The molecule has 0 saturated heterocycles. The summed E-state index contributed by atoms with van der Waals surface area (Å²) in [6.07, 6.45) is 0.408. The molecular formula is C13H16N6O. The van der Waals surface area contributed by atoms with E-state index >= 15 is 0 Å². The highest BCUT2D eigenvalue weighted by atomic mass is 16.5. The van der Waals surface area contributed by atoms with Crippen LogP contribution in [0.4, 0.5) is 5.95 Å². The molecular weight excluding hydrogens is 256 g/mol. The van der Waals surface area contributed by atoms with E-state index in [0.29, 0.717) is 32.1 Å². The van der Waals surface area contributed by atoms with Crippen LogP contribution >= 0.6 is 0 Å². The van der Waals surface area contributed by atoms with Crippen molar-refractivity contribution < 1.29 is 4.74 Å². The van der Waals surface area contributed by atoms with Crippen molar-refractivity contribution in [3.05, 3.63) is 30.3 Å². The lowest BCUT2D eigenvalue weighted by Crippen LogP contribution is -2.30. The van der Waals surface area contributed by atoms with E-state index in [-0.39, 0.29) is 0 Å². The highest BCUT2D eigenvalue weighted by molar-refractivity contribution is 5.40. The number of para-hydroxylation sites is 1. The van der Waals surface area contributed by atoms with Crippen LogP contribution in [0, 0.1) is 11.3 Å². The van der Waals surface area contributed by atoms with Gasteiger partial charge in [0.2, 0.25) is 5.95 Å². The molecule has 0 spiro atoms. The number of nitrogens with zero attached hydrogens (tertiary/aromatic N) is 6. The number of aromatic nitrogens is 4. The van der Waals surface area contributed by atoms with Crippen LogP contribution in [0.5, 0.6) is 0 Å². The number of tetrazole rings is 1. The lowest BCUT2D eigenvalue weighted by Gasteiger charge is -2.21. The smallest absolute Gasteiger partial charge is 0.250 e. The van der Waals surface area contributed by atoms with Gasteiger partial charge in [0, 0.05) is 20.2 Å². The van der Waals surface area contributed by atoms with Crippen molar-refractivity contribution in [2.75, 3.05) is 31.7 Å². The third kappa shape index (κ3) is 3.30. The van der Waals surface area contributed by atoms with E-state index in [1.807, 2.05) is 35.2 Å². The zero-order chi connectivity index (χ0) is 14.2. The summed E-state index contributed by atoms with van der Waals surface area (Å²) < 4.78 is 6.75. The maximum atomic E-state index is 8.76. The van der Waals surface area contributed by atoms with Gasteiger partial charge in [-0.15, -0.1) is 0 Å². The Balaban J connectivity index is 2.25. The number of ether oxygens (including phenoxy) is 1. The molecule has 0 bridgehead atoms. The Hall–Kier alpha value is -2.46. The molecule has 20 heavy (non-hydrogen) atoms. The SMILES string of the molecule is COCCN(CCC#N)c1nnnn1-c1ccccc1. The van der Waals surface area contributed by atoms with Crippen LogP contribution in [0.3, 0.4) is 0 Å². The number of hydrogen-bond donors (Lipinski definition) is 0. The van der Waals surface area contributed by atoms with Crippen molar-refractivity contribution in [3.63, 3.8) is 0 Å². The number of nitriles is 1. The van der Waals surface area contributed by atoms with Crippen molar-refractivity contribution in [1.29, 1.82) is 5.26 Å². The van der Waals surface area contributed by atoms with Gasteiger partial charge in [0.15, 0.2) is 0 Å². The summed E-state index contributed by atoms with van der Waals surface area (Å²) in [5.41, 5.74) is 0.881. The lowest BCUT2D eigenvalue weighted by atomic mass is 10.3. The fourth-order valence-corrected chi connectivity index (χ4v) is 1.81. The molecule has 104 valence electrons. The van der Waals surface area contributed by atoms with Crippen molar-refractivity contribution in [2.24, 2.45) is 0 Å². The van der Waals surface area contributed by atoms with E-state index in [9.17, 15) is 0 Å². The van der Waals surface area contributed by atoms with Crippen LogP contribution in [0.15, 0.2) is 30.3 Å². The molecule has 7 nitrogen and oxygen atoms in total. The quantitative estimate of drug-likeness (QED) is 0.749. The molecule has 0 radical (unpaired) electrons. The molecule has 0 N–H and O–H groups in total. The van der Waals surface area contributed by atoms with Gasteiger partial charge in [-0.3, -0.25) is 0 Å². The van der Waals surface area contributed by atoms with E-state index in [2.05, 4.69) is 21.6 Å². The van der Waals surface area contributed by atoms with Crippen LogP contribution in [0.25, 0.3) is 5.69 Å². The van der Waals surface area contributed by atoms with Crippen LogP contribution in [-0.4, -0.2) is 47.0 Å². The van der Waals surface area contributed by atoms with E-state index in [1.54, 1.807) is 11.8 Å². The zero-order valence-corrected chi connectivity index (χ0v) is 11.3. The van der Waals surface area contributed by atoms with Gasteiger partial charge in [-0.05, 0) is 22.6 Å². The monoisotopic (exact) mass is 272 g/mol. The molecule has 0 fully saturated rings. The first-order valence-corrected chi connectivity index (χ1v) is 6.31. The average molecular weight is 272 g/mol. The van der Waals surface area contributed by atoms with Crippen LogP contribution in [0.2, 0.25) is 0 Å². The van der Waals surface area contributed by atoms with Gasteiger partial charge in [-0.1, -0.05) is 23.3 Å². The second-order valence-electron chi connectivity index (χ2n) is 4.11. The van der Waals surface area contributed by atoms with E-state index < -0.39 is 0 Å². The van der Waals surface area contributed by atoms with Gasteiger partial charge in [0.1, 0.15) is 0 Å². The Bertz CT molecular complexity index is 562. The molecule has 1 aromatic carbocycles. The average Bonchev–Trinajstić information content (AvgIpc) is 2.98. The molecule has 0 atom stereocenters. The number of rotatable bonds is 7. The Kier molecular flexibility index (Phi) is 5.03. The number of benzene rings is 1. The first kappa shape index (κ1) is 14.0. The number of hydrogen-bond acceptors (Lipinski definition) is 6. The third-order valence-electron chi connectivity index (χ3n) is 2.80. The van der Waals surface area contributed by atoms with Gasteiger partial charge >= 0.3 is 0 Å². The third-order valence-corrected chi connectivity index (χ3v) is 2.80. The van der Waals surface area contributed by atoms with Crippen molar-refractivity contribution in [3.8, 4) is 11.8 Å². The van der Waals surface area contributed by atoms with Gasteiger partial charge < -0.3 is 9.64 Å². The fourth-order valence-electron chi connectivity index (χ4n) is 1.81. The van der Waals surface area contributed by atoms with E-state index in [4.69, 9.17) is 10.00 Å². The molecule has 1 aromatic heterocycles. The molecule has 0 aliphatic heterocycles. The van der Waals surface area contributed by atoms with Crippen LogP contribution in [0.1, 0.15) is 6.42 Å². The first-order valence-electron chi connectivity index (χ1n) is 6.31. The molecule has 0 unspecified atom stereocenters. The Morgan fingerprint density at radius 3 is 2.80 bits per heavy atom. The van der Waals surface area contributed by atoms with Gasteiger partial charge in [-0.25, -0.2) is 0 Å². The Morgan fingerprint density at radius 1 is 1.30 bits per heavy atom. The van der Waals surface area contributed by atoms with Crippen molar-refractivity contribution >= 4 is 5.95 Å². The Labute approximate surface area is 117 Å². The standard InChI is InChI=1S/C13H16N6O/c1-20-11-10-18(9-5-8-14)13-15-16-17-19(13)12-6-3-2-4-7-12/h2-4,6-7H,5,9-11H2,1H3. The predicted molar refractivity (Wildman–Crippen MR) is 73.5 cm³/mol. The summed E-state index contributed by atoms with van der Waals surface area (Å²) in [6, 6.07) is 11.8. The summed E-state index contributed by atoms with van der Waals surface area (Å²) in [5.74, 6) is 0.614. The number of methoxy groups -OCH3 is 1. The molecule has 2 aromatic rings. The van der Waals surface area contributed by atoms with Crippen molar-refractivity contribution in [1.82, 2.24) is 20.2 Å². The van der Waals surface area contributed by atoms with Gasteiger partial charge in [-0.2, -0.15) is 9.94 Å².